The van der Waals surface area contributed by atoms with E-state index >= 15 is 0 Å². The lowest BCUT2D eigenvalue weighted by Crippen LogP contribution is -2.55. The first-order valence-corrected chi connectivity index (χ1v) is 13.7. The summed E-state index contributed by atoms with van der Waals surface area (Å²) in [4.78, 5) is 53.0. The highest BCUT2D eigenvalue weighted by Crippen LogP contribution is 2.49. The number of piperidine rings is 1. The van der Waals surface area contributed by atoms with Gasteiger partial charge >= 0.3 is 12.0 Å². The monoisotopic (exact) mass is 588 g/mol. The summed E-state index contributed by atoms with van der Waals surface area (Å²) in [7, 11) is 2.69. The number of pyridine rings is 1. The van der Waals surface area contributed by atoms with E-state index in [2.05, 4.69) is 25.6 Å². The van der Waals surface area contributed by atoms with E-state index in [1.807, 2.05) is 0 Å². The van der Waals surface area contributed by atoms with Gasteiger partial charge < -0.3 is 35.2 Å². The Bertz CT molecular complexity index is 1390. The van der Waals surface area contributed by atoms with Gasteiger partial charge in [-0.2, -0.15) is 13.8 Å². The number of ether oxygens (including phenoxy) is 1. The Kier molecular flexibility index (Phi) is 7.53. The van der Waals surface area contributed by atoms with Crippen LogP contribution in [0.5, 0.6) is 5.75 Å². The predicted octanol–water partition coefficient (Wildman–Crippen LogP) is 3.10. The van der Waals surface area contributed by atoms with E-state index in [0.29, 0.717) is 24.5 Å². The molecule has 3 amide bonds. The molecule has 0 atom stereocenters. The van der Waals surface area contributed by atoms with E-state index in [1.165, 1.54) is 42.4 Å². The van der Waals surface area contributed by atoms with Gasteiger partial charge in [0.25, 0.3) is 11.8 Å². The molecule has 1 saturated carbocycles. The average molecular weight is 589 g/mol. The molecule has 4 heterocycles. The number of carboxylic acid groups (broad SMARTS) is 1. The van der Waals surface area contributed by atoms with Crippen molar-refractivity contribution in [2.75, 3.05) is 48.9 Å². The minimum Gasteiger partial charge on any atom is -0.494 e. The normalized spacial score (nSPS) is 19.7. The summed E-state index contributed by atoms with van der Waals surface area (Å²) in [5, 5.41) is 15.1. The van der Waals surface area contributed by atoms with Crippen LogP contribution in [0.4, 0.5) is 36.7 Å². The predicted molar refractivity (Wildman–Crippen MR) is 149 cm³/mol. The van der Waals surface area contributed by atoms with Gasteiger partial charge in [0, 0.05) is 38.3 Å². The number of carbonyl (C=O) groups is 3. The van der Waals surface area contributed by atoms with E-state index in [4.69, 9.17) is 9.84 Å². The second-order valence-corrected chi connectivity index (χ2v) is 11.4. The zero-order chi connectivity index (χ0) is 30.4. The molecule has 15 heteroatoms. The molecule has 1 aliphatic carbocycles. The molecule has 2 aromatic heterocycles. The van der Waals surface area contributed by atoms with E-state index in [1.54, 1.807) is 13.8 Å². The average Bonchev–Trinajstić information content (AvgIpc) is 3.01. The van der Waals surface area contributed by atoms with Gasteiger partial charge in [0.1, 0.15) is 22.8 Å². The molecule has 1 saturated heterocycles. The van der Waals surface area contributed by atoms with Gasteiger partial charge in [-0.05, 0) is 44.9 Å². The standard InChI is InChI=1S/C27H34F2N8O5/c1-15(2)37-14-27(28,29)23(39)35(3)19-13-31-24(34-21(19)37)33-18-12-30-17(9-20(18)42-4)22(38)32-16-10-26(11-16)5-7-36(8-6-26)25(40)41/h9,12-13,15-16H,5-8,10-11,14H2,1-4H3,(H,32,38)(H,40,41)(H,31,33,34). The number of rotatable bonds is 6. The van der Waals surface area contributed by atoms with Crippen molar-refractivity contribution in [1.82, 2.24) is 25.2 Å². The first kappa shape index (κ1) is 29.2. The van der Waals surface area contributed by atoms with Crippen molar-refractivity contribution in [2.24, 2.45) is 5.41 Å². The van der Waals surface area contributed by atoms with Crippen molar-refractivity contribution in [3.63, 3.8) is 0 Å². The highest BCUT2D eigenvalue weighted by molar-refractivity contribution is 6.02. The Hall–Kier alpha value is -4.30. The number of nitrogens with zero attached hydrogens (tertiary/aromatic N) is 6. The smallest absolute Gasteiger partial charge is 0.407 e. The molecular formula is C27H34F2N8O5. The maximum absolute atomic E-state index is 14.6. The largest absolute Gasteiger partial charge is 0.494 e. The van der Waals surface area contributed by atoms with Gasteiger partial charge in [-0.1, -0.05) is 0 Å². The third-order valence-electron chi connectivity index (χ3n) is 8.35. The number of anilines is 4. The molecule has 0 aromatic carbocycles. The molecule has 0 unspecified atom stereocenters. The second kappa shape index (κ2) is 10.8. The molecule has 42 heavy (non-hydrogen) atoms. The van der Waals surface area contributed by atoms with Crippen LogP contribution in [0.15, 0.2) is 18.5 Å². The number of carbonyl (C=O) groups excluding carboxylic acids is 2. The summed E-state index contributed by atoms with van der Waals surface area (Å²) in [5.41, 5.74) is 0.718. The quantitative estimate of drug-likeness (QED) is 0.459. The third kappa shape index (κ3) is 5.46. The molecule has 226 valence electrons. The highest BCUT2D eigenvalue weighted by Gasteiger charge is 2.48. The maximum atomic E-state index is 14.6. The van der Waals surface area contributed by atoms with E-state index < -0.39 is 24.5 Å². The second-order valence-electron chi connectivity index (χ2n) is 11.4. The summed E-state index contributed by atoms with van der Waals surface area (Å²) in [6.45, 7) is 3.65. The van der Waals surface area contributed by atoms with Crippen LogP contribution < -0.4 is 25.2 Å². The number of methoxy groups -OCH3 is 1. The van der Waals surface area contributed by atoms with Gasteiger partial charge in [-0.15, -0.1) is 0 Å². The van der Waals surface area contributed by atoms with E-state index in [9.17, 15) is 23.2 Å². The molecule has 2 aromatic rings. The number of nitrogens with one attached hydrogen (secondary N) is 2. The van der Waals surface area contributed by atoms with Crippen LogP contribution in [0.2, 0.25) is 0 Å². The van der Waals surface area contributed by atoms with Crippen molar-refractivity contribution < 1.29 is 33.0 Å². The lowest BCUT2D eigenvalue weighted by atomic mass is 9.60. The number of likely N-dealkylation sites (tertiary alicyclic amines) is 1. The Morgan fingerprint density at radius 2 is 1.86 bits per heavy atom. The van der Waals surface area contributed by atoms with Crippen molar-refractivity contribution in [3.05, 3.63) is 24.2 Å². The van der Waals surface area contributed by atoms with E-state index in [0.717, 1.165) is 30.6 Å². The number of hydrogen-bond donors (Lipinski definition) is 3. The van der Waals surface area contributed by atoms with Crippen molar-refractivity contribution in [2.45, 2.75) is 57.5 Å². The van der Waals surface area contributed by atoms with Crippen LogP contribution >= 0.6 is 0 Å². The fraction of sp³-hybridized carbons (Fsp3) is 0.556. The molecule has 1 spiro atoms. The lowest BCUT2D eigenvalue weighted by Gasteiger charge is -2.51. The highest BCUT2D eigenvalue weighted by atomic mass is 19.3. The zero-order valence-electron chi connectivity index (χ0n) is 23.9. The van der Waals surface area contributed by atoms with Gasteiger partial charge in [0.15, 0.2) is 5.82 Å². The third-order valence-corrected chi connectivity index (χ3v) is 8.35. The minimum atomic E-state index is -3.60. The van der Waals surface area contributed by atoms with Gasteiger partial charge in [-0.3, -0.25) is 9.59 Å². The lowest BCUT2D eigenvalue weighted by molar-refractivity contribution is -0.140. The molecule has 0 bridgehead atoms. The number of alkyl halides is 2. The topological polar surface area (TPSA) is 153 Å². The molecule has 5 rings (SSSR count). The van der Waals surface area contributed by atoms with Gasteiger partial charge in [0.2, 0.25) is 5.95 Å². The molecular weight excluding hydrogens is 554 g/mol. The SMILES string of the molecule is COc1cc(C(=O)NC2CC3(CCN(C(=O)O)CC3)C2)ncc1Nc1ncc2c(n1)N(C(C)C)CC(F)(F)C(=O)N2C. The Morgan fingerprint density at radius 3 is 2.48 bits per heavy atom. The summed E-state index contributed by atoms with van der Waals surface area (Å²) in [6.07, 6.45) is 4.96. The first-order valence-electron chi connectivity index (χ1n) is 13.7. The molecule has 3 N–H and O–H groups in total. The molecule has 3 aliphatic rings. The van der Waals surface area contributed by atoms with Crippen LogP contribution in [0.25, 0.3) is 0 Å². The number of fused-ring (bicyclic) bond motifs is 1. The Morgan fingerprint density at radius 1 is 1.17 bits per heavy atom. The Balaban J connectivity index is 1.27. The molecule has 2 aliphatic heterocycles. The number of halogens is 2. The Labute approximate surface area is 241 Å². The zero-order valence-corrected chi connectivity index (χ0v) is 23.9. The van der Waals surface area contributed by atoms with E-state index in [-0.39, 0.29) is 46.6 Å². The number of aromatic nitrogens is 3. The van der Waals surface area contributed by atoms with Crippen LogP contribution in [0.3, 0.4) is 0 Å². The van der Waals surface area contributed by atoms with Crippen LogP contribution in [0.1, 0.15) is 50.0 Å². The van der Waals surface area contributed by atoms with Crippen molar-refractivity contribution in [1.29, 1.82) is 0 Å². The van der Waals surface area contributed by atoms with Crippen LogP contribution in [-0.4, -0.2) is 94.7 Å². The summed E-state index contributed by atoms with van der Waals surface area (Å²) >= 11 is 0. The van der Waals surface area contributed by atoms with Crippen LogP contribution in [0, 0.1) is 5.41 Å². The summed E-state index contributed by atoms with van der Waals surface area (Å²) in [6, 6.07) is 1.08. The summed E-state index contributed by atoms with van der Waals surface area (Å²) in [5.74, 6) is -4.77. The van der Waals surface area contributed by atoms with Gasteiger partial charge in [-0.25, -0.2) is 14.8 Å². The number of amides is 3. The fourth-order valence-corrected chi connectivity index (χ4v) is 5.88. The number of hydrogen-bond acceptors (Lipinski definition) is 9. The minimum absolute atomic E-state index is 0.0197. The molecule has 13 nitrogen and oxygen atoms in total. The van der Waals surface area contributed by atoms with Gasteiger partial charge in [0.05, 0.1) is 26.0 Å². The summed E-state index contributed by atoms with van der Waals surface area (Å²) < 4.78 is 34.7. The first-order chi connectivity index (χ1) is 19.8. The van der Waals surface area contributed by atoms with Crippen LogP contribution in [-0.2, 0) is 4.79 Å². The molecule has 2 fully saturated rings. The van der Waals surface area contributed by atoms with Crippen molar-refractivity contribution in [3.8, 4) is 5.75 Å². The maximum Gasteiger partial charge on any atom is 0.407 e. The fourth-order valence-electron chi connectivity index (χ4n) is 5.88. The van der Waals surface area contributed by atoms with Crippen molar-refractivity contribution >= 4 is 41.0 Å². The molecule has 0 radical (unpaired) electrons.